The number of guanidine groups is 1. The Balaban J connectivity index is 1.50. The minimum absolute atomic E-state index is 0.110. The third kappa shape index (κ3) is 5.14. The van der Waals surface area contributed by atoms with Crippen molar-refractivity contribution in [3.63, 3.8) is 0 Å². The van der Waals surface area contributed by atoms with Gasteiger partial charge in [0.25, 0.3) is 0 Å². The van der Waals surface area contributed by atoms with Crippen LogP contribution in [-0.2, 0) is 16.1 Å². The first-order chi connectivity index (χ1) is 13.6. The Morgan fingerprint density at radius 3 is 2.71 bits per heavy atom. The van der Waals surface area contributed by atoms with Crippen molar-refractivity contribution in [1.82, 2.24) is 15.2 Å². The summed E-state index contributed by atoms with van der Waals surface area (Å²) in [4.78, 5) is 22.8. The third-order valence-electron chi connectivity index (χ3n) is 5.72. The van der Waals surface area contributed by atoms with Gasteiger partial charge in [-0.2, -0.15) is 0 Å². The molecule has 2 atom stereocenters. The van der Waals surface area contributed by atoms with Crippen LogP contribution < -0.4 is 10.1 Å². The van der Waals surface area contributed by atoms with Gasteiger partial charge in [-0.25, -0.2) is 4.98 Å². The quantitative estimate of drug-likeness (QED) is 0.475. The summed E-state index contributed by atoms with van der Waals surface area (Å²) in [7, 11) is 3.21. The lowest BCUT2D eigenvalue weighted by Crippen LogP contribution is -2.40. The second-order valence-electron chi connectivity index (χ2n) is 7.80. The molecule has 28 heavy (non-hydrogen) atoms. The Morgan fingerprint density at radius 2 is 2.07 bits per heavy atom. The van der Waals surface area contributed by atoms with E-state index in [2.05, 4.69) is 27.1 Å². The smallest absolute Gasteiger partial charge is 0.310 e. The van der Waals surface area contributed by atoms with Crippen molar-refractivity contribution in [2.75, 3.05) is 27.2 Å². The maximum Gasteiger partial charge on any atom is 0.310 e. The number of aliphatic imine (C=N–C) groups is 1. The molecule has 2 fully saturated rings. The molecule has 1 saturated heterocycles. The van der Waals surface area contributed by atoms with Crippen molar-refractivity contribution in [2.45, 2.75) is 51.7 Å². The molecular weight excluding hydrogens is 356 g/mol. The summed E-state index contributed by atoms with van der Waals surface area (Å²) in [5.74, 6) is 1.48. The molecule has 0 spiro atoms. The summed E-state index contributed by atoms with van der Waals surface area (Å²) in [5, 5.41) is 3.37. The van der Waals surface area contributed by atoms with Crippen molar-refractivity contribution in [2.24, 2.45) is 16.8 Å². The predicted octanol–water partition coefficient (Wildman–Crippen LogP) is 2.61. The minimum atomic E-state index is -0.150. The highest BCUT2D eigenvalue weighted by Crippen LogP contribution is 2.24. The molecule has 1 aliphatic heterocycles. The number of carbonyl (C=O) groups is 1. The second kappa shape index (κ2) is 9.75. The van der Waals surface area contributed by atoms with Gasteiger partial charge in [-0.1, -0.05) is 19.4 Å². The number of ether oxygens (including phenoxy) is 2. The molecule has 0 amide bonds. The molecule has 0 aromatic carbocycles. The second-order valence-corrected chi connectivity index (χ2v) is 7.80. The van der Waals surface area contributed by atoms with Crippen LogP contribution in [0.3, 0.4) is 0 Å². The number of esters is 1. The largest absolute Gasteiger partial charge is 0.474 e. The van der Waals surface area contributed by atoms with E-state index in [1.807, 2.05) is 18.3 Å². The van der Waals surface area contributed by atoms with Crippen LogP contribution in [0.25, 0.3) is 0 Å². The molecule has 0 radical (unpaired) electrons. The molecule has 7 heteroatoms. The third-order valence-corrected chi connectivity index (χ3v) is 5.72. The minimum Gasteiger partial charge on any atom is -0.474 e. The van der Waals surface area contributed by atoms with Crippen LogP contribution in [0.5, 0.6) is 5.88 Å². The number of hydrogen-bond donors (Lipinski definition) is 1. The van der Waals surface area contributed by atoms with E-state index in [4.69, 9.17) is 9.47 Å². The lowest BCUT2D eigenvalue weighted by atomic mass is 9.98. The van der Waals surface area contributed by atoms with Crippen molar-refractivity contribution < 1.29 is 14.3 Å². The zero-order valence-electron chi connectivity index (χ0n) is 17.2. The number of rotatable bonds is 5. The van der Waals surface area contributed by atoms with E-state index in [0.29, 0.717) is 25.1 Å². The predicted molar refractivity (Wildman–Crippen MR) is 108 cm³/mol. The van der Waals surface area contributed by atoms with Gasteiger partial charge in [-0.3, -0.25) is 9.79 Å². The topological polar surface area (TPSA) is 76.1 Å². The van der Waals surface area contributed by atoms with Gasteiger partial charge in [0, 0.05) is 38.9 Å². The van der Waals surface area contributed by atoms with Crippen LogP contribution in [0.4, 0.5) is 0 Å². The maximum absolute atomic E-state index is 11.9. The summed E-state index contributed by atoms with van der Waals surface area (Å²) >= 11 is 0. The van der Waals surface area contributed by atoms with Crippen LogP contribution >= 0.6 is 0 Å². The zero-order chi connectivity index (χ0) is 19.9. The van der Waals surface area contributed by atoms with Gasteiger partial charge in [0.1, 0.15) is 6.10 Å². The van der Waals surface area contributed by atoms with Crippen molar-refractivity contribution in [1.29, 1.82) is 0 Å². The van der Waals surface area contributed by atoms with E-state index >= 15 is 0 Å². The van der Waals surface area contributed by atoms with Gasteiger partial charge in [-0.05, 0) is 37.2 Å². The summed E-state index contributed by atoms with van der Waals surface area (Å²) in [6.45, 7) is 4.10. The Labute approximate surface area is 167 Å². The lowest BCUT2D eigenvalue weighted by Gasteiger charge is -2.22. The van der Waals surface area contributed by atoms with E-state index in [-0.39, 0.29) is 17.8 Å². The number of pyridine rings is 1. The van der Waals surface area contributed by atoms with Crippen LogP contribution in [0.15, 0.2) is 23.3 Å². The molecular formula is C21H32N4O3. The zero-order valence-corrected chi connectivity index (χ0v) is 17.2. The molecule has 1 saturated carbocycles. The van der Waals surface area contributed by atoms with E-state index in [0.717, 1.165) is 30.9 Å². The average Bonchev–Trinajstić information content (AvgIpc) is 3.11. The van der Waals surface area contributed by atoms with Crippen LogP contribution in [0.1, 0.15) is 44.6 Å². The van der Waals surface area contributed by atoms with Crippen molar-refractivity contribution in [3.05, 3.63) is 23.9 Å². The molecule has 2 unspecified atom stereocenters. The highest BCUT2D eigenvalue weighted by Gasteiger charge is 2.36. The Hall–Kier alpha value is -2.31. The molecule has 1 aromatic rings. The van der Waals surface area contributed by atoms with Gasteiger partial charge in [-0.15, -0.1) is 0 Å². The van der Waals surface area contributed by atoms with Crippen LogP contribution in [-0.4, -0.2) is 55.2 Å². The number of likely N-dealkylation sites (tertiary alicyclic amines) is 1. The molecule has 1 N–H and O–H groups in total. The van der Waals surface area contributed by atoms with E-state index < -0.39 is 0 Å². The number of nitrogens with zero attached hydrogens (tertiary/aromatic N) is 3. The van der Waals surface area contributed by atoms with Gasteiger partial charge in [0.05, 0.1) is 13.0 Å². The molecule has 7 nitrogen and oxygen atoms in total. The number of carbonyl (C=O) groups excluding carboxylic acids is 1. The molecule has 2 heterocycles. The van der Waals surface area contributed by atoms with Gasteiger partial charge < -0.3 is 19.7 Å². The van der Waals surface area contributed by atoms with E-state index in [9.17, 15) is 4.79 Å². The molecule has 3 rings (SSSR count). The summed E-state index contributed by atoms with van der Waals surface area (Å²) < 4.78 is 10.9. The summed E-state index contributed by atoms with van der Waals surface area (Å²) in [5.41, 5.74) is 1.06. The summed E-state index contributed by atoms with van der Waals surface area (Å²) in [6, 6.07) is 3.98. The molecule has 2 aliphatic rings. The number of methoxy groups -OCH3 is 1. The Morgan fingerprint density at radius 1 is 1.29 bits per heavy atom. The van der Waals surface area contributed by atoms with E-state index in [1.165, 1.54) is 26.4 Å². The van der Waals surface area contributed by atoms with Crippen LogP contribution in [0.2, 0.25) is 0 Å². The van der Waals surface area contributed by atoms with E-state index in [1.54, 1.807) is 7.05 Å². The fourth-order valence-electron chi connectivity index (χ4n) is 4.05. The van der Waals surface area contributed by atoms with Gasteiger partial charge >= 0.3 is 5.97 Å². The SMILES string of the molecule is CN=C(NCc1ccc(OC2CCCCC2)nc1)N1CC(C)C(C(=O)OC)C1. The first kappa shape index (κ1) is 20.4. The lowest BCUT2D eigenvalue weighted by molar-refractivity contribution is -0.145. The Kier molecular flexibility index (Phi) is 7.12. The number of aromatic nitrogens is 1. The first-order valence-corrected chi connectivity index (χ1v) is 10.3. The number of nitrogens with one attached hydrogen (secondary N) is 1. The molecule has 154 valence electrons. The Bertz CT molecular complexity index is 671. The van der Waals surface area contributed by atoms with Crippen molar-refractivity contribution >= 4 is 11.9 Å². The normalized spacial score (nSPS) is 23.5. The fraction of sp³-hybridized carbons (Fsp3) is 0.667. The number of hydrogen-bond acceptors (Lipinski definition) is 5. The monoisotopic (exact) mass is 388 g/mol. The van der Waals surface area contributed by atoms with Gasteiger partial charge in [0.15, 0.2) is 5.96 Å². The summed E-state index contributed by atoms with van der Waals surface area (Å²) in [6.07, 6.45) is 8.22. The maximum atomic E-state index is 11.9. The molecule has 1 aromatic heterocycles. The molecule has 0 bridgehead atoms. The fourth-order valence-corrected chi connectivity index (χ4v) is 4.05. The highest BCUT2D eigenvalue weighted by atomic mass is 16.5. The molecule has 1 aliphatic carbocycles. The van der Waals surface area contributed by atoms with Crippen LogP contribution in [0, 0.1) is 11.8 Å². The average molecular weight is 389 g/mol. The van der Waals surface area contributed by atoms with Crippen molar-refractivity contribution in [3.8, 4) is 5.88 Å². The highest BCUT2D eigenvalue weighted by molar-refractivity contribution is 5.82. The standard InChI is InChI=1S/C21H32N4O3/c1-15-13-25(14-18(15)20(26)27-3)21(22-2)24-12-16-9-10-19(23-11-16)28-17-7-5-4-6-8-17/h9-11,15,17-18H,4-8,12-14H2,1-3H3,(H,22,24). The van der Waals surface area contributed by atoms with Gasteiger partial charge in [0.2, 0.25) is 5.88 Å². The first-order valence-electron chi connectivity index (χ1n) is 10.3.